The standard InChI is InChI=1S/C13H11Cl2N3O2/c1-7(10-3-2-9(19)5-12(10)20)17-18-13-11(15)4-8(14)6-16-13/h2-6,19-20H,1H3,(H,16,18)/b17-7+. The summed E-state index contributed by atoms with van der Waals surface area (Å²) in [7, 11) is 0. The molecule has 104 valence electrons. The molecule has 0 spiro atoms. The van der Waals surface area contributed by atoms with E-state index in [4.69, 9.17) is 23.2 Å². The van der Waals surface area contributed by atoms with Gasteiger partial charge in [0.05, 0.1) is 15.8 Å². The summed E-state index contributed by atoms with van der Waals surface area (Å²) in [5.74, 6) is 0.270. The molecule has 20 heavy (non-hydrogen) atoms. The van der Waals surface area contributed by atoms with E-state index in [2.05, 4.69) is 15.5 Å². The predicted octanol–water partition coefficient (Wildman–Crippen LogP) is 3.64. The number of aromatic nitrogens is 1. The van der Waals surface area contributed by atoms with Crippen molar-refractivity contribution in [3.63, 3.8) is 0 Å². The van der Waals surface area contributed by atoms with Crippen LogP contribution in [0.25, 0.3) is 0 Å². The van der Waals surface area contributed by atoms with Crippen LogP contribution in [0.15, 0.2) is 35.6 Å². The van der Waals surface area contributed by atoms with Crippen molar-refractivity contribution in [2.24, 2.45) is 5.10 Å². The lowest BCUT2D eigenvalue weighted by Gasteiger charge is -2.06. The minimum atomic E-state index is -0.0665. The number of pyridine rings is 1. The van der Waals surface area contributed by atoms with Gasteiger partial charge in [0.2, 0.25) is 0 Å². The molecule has 3 N–H and O–H groups in total. The monoisotopic (exact) mass is 311 g/mol. The molecule has 0 aliphatic carbocycles. The van der Waals surface area contributed by atoms with Gasteiger partial charge in [0, 0.05) is 17.8 Å². The number of aromatic hydroxyl groups is 2. The number of hydrogen-bond donors (Lipinski definition) is 3. The van der Waals surface area contributed by atoms with Gasteiger partial charge in [-0.1, -0.05) is 23.2 Å². The molecule has 0 aliphatic heterocycles. The third-order valence-corrected chi connectivity index (χ3v) is 3.00. The lowest BCUT2D eigenvalue weighted by atomic mass is 10.1. The molecule has 0 bridgehead atoms. The predicted molar refractivity (Wildman–Crippen MR) is 79.9 cm³/mol. The summed E-state index contributed by atoms with van der Waals surface area (Å²) in [5.41, 5.74) is 3.69. The molecule has 7 heteroatoms. The van der Waals surface area contributed by atoms with Crippen LogP contribution in [0.5, 0.6) is 11.5 Å². The molecule has 5 nitrogen and oxygen atoms in total. The van der Waals surface area contributed by atoms with Gasteiger partial charge in [0.1, 0.15) is 11.5 Å². The number of anilines is 1. The molecule has 0 amide bonds. The van der Waals surface area contributed by atoms with Gasteiger partial charge in [-0.25, -0.2) is 4.98 Å². The molecule has 0 saturated heterocycles. The van der Waals surface area contributed by atoms with Crippen LogP contribution in [0.3, 0.4) is 0 Å². The number of benzene rings is 1. The van der Waals surface area contributed by atoms with Crippen LogP contribution in [0.4, 0.5) is 5.82 Å². The van der Waals surface area contributed by atoms with Gasteiger partial charge < -0.3 is 10.2 Å². The highest BCUT2D eigenvalue weighted by Gasteiger charge is 2.07. The third-order valence-electron chi connectivity index (χ3n) is 2.51. The van der Waals surface area contributed by atoms with E-state index in [9.17, 15) is 10.2 Å². The number of nitrogens with zero attached hydrogens (tertiary/aromatic N) is 2. The highest BCUT2D eigenvalue weighted by molar-refractivity contribution is 6.35. The van der Waals surface area contributed by atoms with Crippen molar-refractivity contribution in [3.05, 3.63) is 46.1 Å². The minimum Gasteiger partial charge on any atom is -0.508 e. The summed E-state index contributed by atoms with van der Waals surface area (Å²) in [6.45, 7) is 1.70. The SMILES string of the molecule is C/C(=N\Nc1ncc(Cl)cc1Cl)c1ccc(O)cc1O. The van der Waals surface area contributed by atoms with Crippen LogP contribution in [0.1, 0.15) is 12.5 Å². The fourth-order valence-corrected chi connectivity index (χ4v) is 1.94. The van der Waals surface area contributed by atoms with Crippen LogP contribution in [-0.4, -0.2) is 20.9 Å². The maximum atomic E-state index is 9.72. The normalized spacial score (nSPS) is 11.4. The fraction of sp³-hybridized carbons (Fsp3) is 0.0769. The van der Waals surface area contributed by atoms with Crippen molar-refractivity contribution in [2.75, 3.05) is 5.43 Å². The fourth-order valence-electron chi connectivity index (χ4n) is 1.52. The first-order chi connectivity index (χ1) is 9.47. The Morgan fingerprint density at radius 2 is 2.00 bits per heavy atom. The van der Waals surface area contributed by atoms with Gasteiger partial charge in [-0.3, -0.25) is 5.43 Å². The number of hydrazone groups is 1. The summed E-state index contributed by atoms with van der Waals surface area (Å²) in [6, 6.07) is 5.80. The van der Waals surface area contributed by atoms with Crippen LogP contribution in [0.2, 0.25) is 10.0 Å². The Kier molecular flexibility index (Phi) is 4.32. The maximum Gasteiger partial charge on any atom is 0.165 e. The van der Waals surface area contributed by atoms with Gasteiger partial charge in [0.25, 0.3) is 0 Å². The number of hydrogen-bond acceptors (Lipinski definition) is 5. The number of nitrogens with one attached hydrogen (secondary N) is 1. The van der Waals surface area contributed by atoms with Gasteiger partial charge in [-0.05, 0) is 25.1 Å². The van der Waals surface area contributed by atoms with Gasteiger partial charge in [0.15, 0.2) is 5.82 Å². The Hall–Kier alpha value is -1.98. The third kappa shape index (κ3) is 3.31. The Morgan fingerprint density at radius 1 is 1.25 bits per heavy atom. The Balaban J connectivity index is 2.22. The molecule has 0 saturated carbocycles. The zero-order valence-electron chi connectivity index (χ0n) is 10.4. The number of phenols is 2. The first-order valence-electron chi connectivity index (χ1n) is 5.61. The highest BCUT2D eigenvalue weighted by Crippen LogP contribution is 2.25. The Labute approximate surface area is 125 Å². The summed E-state index contributed by atoms with van der Waals surface area (Å²) < 4.78 is 0. The molecule has 0 unspecified atom stereocenters. The zero-order chi connectivity index (χ0) is 14.7. The van der Waals surface area contributed by atoms with Crippen molar-refractivity contribution < 1.29 is 10.2 Å². The van der Waals surface area contributed by atoms with E-state index in [-0.39, 0.29) is 11.5 Å². The topological polar surface area (TPSA) is 77.7 Å². The molecule has 0 aliphatic rings. The molecule has 2 rings (SSSR count). The summed E-state index contributed by atoms with van der Waals surface area (Å²) in [4.78, 5) is 4.00. The van der Waals surface area contributed by atoms with E-state index >= 15 is 0 Å². The maximum absolute atomic E-state index is 9.72. The molecule has 0 fully saturated rings. The lowest BCUT2D eigenvalue weighted by molar-refractivity contribution is 0.450. The van der Waals surface area contributed by atoms with E-state index in [1.54, 1.807) is 19.1 Å². The van der Waals surface area contributed by atoms with E-state index in [0.717, 1.165) is 0 Å². The lowest BCUT2D eigenvalue weighted by Crippen LogP contribution is -2.01. The first kappa shape index (κ1) is 14.4. The summed E-state index contributed by atoms with van der Waals surface area (Å²) >= 11 is 11.7. The molecular weight excluding hydrogens is 301 g/mol. The number of phenolic OH excluding ortho intramolecular Hbond substituents is 2. The minimum absolute atomic E-state index is 0.0191. The van der Waals surface area contributed by atoms with Gasteiger partial charge >= 0.3 is 0 Å². The van der Waals surface area contributed by atoms with Crippen molar-refractivity contribution in [2.45, 2.75) is 6.92 Å². The highest BCUT2D eigenvalue weighted by atomic mass is 35.5. The van der Waals surface area contributed by atoms with Crippen LogP contribution in [0, 0.1) is 0 Å². The molecule has 1 heterocycles. The van der Waals surface area contributed by atoms with E-state index in [0.29, 0.717) is 27.1 Å². The first-order valence-corrected chi connectivity index (χ1v) is 6.36. The summed E-state index contributed by atoms with van der Waals surface area (Å²) in [6.07, 6.45) is 1.44. The van der Waals surface area contributed by atoms with Gasteiger partial charge in [-0.2, -0.15) is 5.10 Å². The van der Waals surface area contributed by atoms with E-state index < -0.39 is 0 Å². The van der Waals surface area contributed by atoms with Crippen molar-refractivity contribution >= 4 is 34.7 Å². The zero-order valence-corrected chi connectivity index (χ0v) is 11.9. The van der Waals surface area contributed by atoms with E-state index in [1.165, 1.54) is 18.3 Å². The molecule has 0 atom stereocenters. The van der Waals surface area contributed by atoms with Crippen LogP contribution in [-0.2, 0) is 0 Å². The average Bonchev–Trinajstić information content (AvgIpc) is 2.37. The largest absolute Gasteiger partial charge is 0.508 e. The number of rotatable bonds is 3. The van der Waals surface area contributed by atoms with Crippen molar-refractivity contribution in [1.82, 2.24) is 4.98 Å². The smallest absolute Gasteiger partial charge is 0.165 e. The molecule has 2 aromatic rings. The second-order valence-corrected chi connectivity index (χ2v) is 4.84. The molecule has 1 aromatic carbocycles. The molecular formula is C13H11Cl2N3O2. The Bertz CT molecular complexity index is 675. The second-order valence-electron chi connectivity index (χ2n) is 3.99. The second kappa shape index (κ2) is 5.98. The Morgan fingerprint density at radius 3 is 2.65 bits per heavy atom. The summed E-state index contributed by atoms with van der Waals surface area (Å²) in [5, 5.41) is 23.8. The van der Waals surface area contributed by atoms with Crippen molar-refractivity contribution in [1.29, 1.82) is 0 Å². The van der Waals surface area contributed by atoms with Gasteiger partial charge in [-0.15, -0.1) is 0 Å². The van der Waals surface area contributed by atoms with Crippen LogP contribution < -0.4 is 5.43 Å². The molecule has 0 radical (unpaired) electrons. The number of halogens is 2. The van der Waals surface area contributed by atoms with Crippen LogP contribution >= 0.6 is 23.2 Å². The average molecular weight is 312 g/mol. The molecule has 1 aromatic heterocycles. The quantitative estimate of drug-likeness (QED) is 0.597. The van der Waals surface area contributed by atoms with Crippen molar-refractivity contribution in [3.8, 4) is 11.5 Å². The van der Waals surface area contributed by atoms with E-state index in [1.807, 2.05) is 0 Å².